The summed E-state index contributed by atoms with van der Waals surface area (Å²) in [5, 5.41) is 16.4. The number of nitrogens with zero attached hydrogens (tertiary/aromatic N) is 3. The van der Waals surface area contributed by atoms with E-state index in [0.717, 1.165) is 0 Å². The number of carbonyl (C=O) groups is 1. The van der Waals surface area contributed by atoms with Gasteiger partial charge in [-0.25, -0.2) is 4.79 Å². The second kappa shape index (κ2) is 5.15. The summed E-state index contributed by atoms with van der Waals surface area (Å²) in [5.74, 6) is -1.24. The van der Waals surface area contributed by atoms with Gasteiger partial charge in [-0.3, -0.25) is 0 Å². The van der Waals surface area contributed by atoms with Gasteiger partial charge in [-0.2, -0.15) is 10.1 Å². The Labute approximate surface area is 63.5 Å². The highest BCUT2D eigenvalue weighted by Gasteiger charge is 2.16. The Balaban J connectivity index is 3.85. The van der Waals surface area contributed by atoms with Gasteiger partial charge in [0.05, 0.1) is 12.5 Å². The molecule has 0 spiro atoms. The molecule has 0 aliphatic heterocycles. The van der Waals surface area contributed by atoms with E-state index in [2.05, 4.69) is 4.79 Å². The molecule has 0 radical (unpaired) electrons. The number of rotatable bonds is 4. The molecular weight excluding hydrogens is 146 g/mol. The maximum absolute atomic E-state index is 10.2. The van der Waals surface area contributed by atoms with Crippen LogP contribution in [-0.2, 0) is 4.79 Å². The summed E-state index contributed by atoms with van der Waals surface area (Å²) in [6.07, 6.45) is 0.799. The van der Waals surface area contributed by atoms with Crippen LogP contribution in [0.2, 0.25) is 0 Å². The van der Waals surface area contributed by atoms with Crippen LogP contribution in [0.1, 0.15) is 19.3 Å². The van der Waals surface area contributed by atoms with Gasteiger partial charge >= 0.3 is 11.7 Å². The van der Waals surface area contributed by atoms with Gasteiger partial charge in [-0.1, -0.05) is 0 Å². The van der Waals surface area contributed by atoms with Crippen molar-refractivity contribution in [3.05, 3.63) is 5.53 Å². The van der Waals surface area contributed by atoms with Gasteiger partial charge in [-0.15, -0.1) is 0 Å². The molecule has 0 aliphatic carbocycles. The van der Waals surface area contributed by atoms with Gasteiger partial charge < -0.3 is 10.6 Å². The Kier molecular flexibility index (Phi) is 4.37. The number of carboxylic acids is 1. The van der Waals surface area contributed by atoms with E-state index in [1.165, 1.54) is 0 Å². The van der Waals surface area contributed by atoms with E-state index in [4.69, 9.17) is 15.9 Å². The molecule has 0 fully saturated rings. The summed E-state index contributed by atoms with van der Waals surface area (Å²) in [7, 11) is 0. The lowest BCUT2D eigenvalue weighted by molar-refractivity contribution is -0.134. The van der Waals surface area contributed by atoms with Crippen LogP contribution in [0.3, 0.4) is 0 Å². The monoisotopic (exact) mass is 153 g/mol. The van der Waals surface area contributed by atoms with Crippen LogP contribution in [0.15, 0.2) is 0 Å². The third kappa shape index (κ3) is 3.84. The highest BCUT2D eigenvalue weighted by molar-refractivity contribution is 6.32. The Morgan fingerprint density at radius 2 is 2.36 bits per heavy atom. The fraction of sp³-hybridized carbons (Fsp3) is 0.500. The van der Waals surface area contributed by atoms with E-state index in [-0.39, 0.29) is 18.6 Å². The molecule has 5 nitrogen and oxygen atoms in total. The number of hydrogen-bond donors (Lipinski definition) is 1. The molecule has 11 heavy (non-hydrogen) atoms. The standard InChI is InChI=1S/C6H7N3O2/c7-4-2-1-3-5(9-8)6(10)11/h1-3H2,(H,10,11). The van der Waals surface area contributed by atoms with E-state index < -0.39 is 5.97 Å². The van der Waals surface area contributed by atoms with Crippen molar-refractivity contribution >= 4 is 11.7 Å². The average molecular weight is 153 g/mol. The van der Waals surface area contributed by atoms with Crippen molar-refractivity contribution in [3.8, 4) is 6.07 Å². The Morgan fingerprint density at radius 1 is 1.73 bits per heavy atom. The molecule has 0 rings (SSSR count). The minimum atomic E-state index is -1.24. The van der Waals surface area contributed by atoms with E-state index in [9.17, 15) is 4.79 Å². The molecule has 0 amide bonds. The van der Waals surface area contributed by atoms with Crippen LogP contribution in [0.5, 0.6) is 0 Å². The zero-order chi connectivity index (χ0) is 8.69. The maximum Gasteiger partial charge on any atom is 0.414 e. The molecule has 0 aromatic carbocycles. The SMILES string of the molecule is N#CCCCC(=[N+]=[N-])C(=O)O. The summed E-state index contributed by atoms with van der Waals surface area (Å²) in [6, 6.07) is 1.86. The molecule has 0 bridgehead atoms. The smallest absolute Gasteiger partial charge is 0.414 e. The molecule has 0 heterocycles. The molecule has 58 valence electrons. The van der Waals surface area contributed by atoms with Crippen LogP contribution in [-0.4, -0.2) is 21.6 Å². The van der Waals surface area contributed by atoms with Crippen molar-refractivity contribution in [3.63, 3.8) is 0 Å². The van der Waals surface area contributed by atoms with Crippen LogP contribution in [0.25, 0.3) is 5.53 Å². The number of carboxylic acid groups (broad SMARTS) is 1. The minimum Gasteiger partial charge on any atom is -0.473 e. The minimum absolute atomic E-state index is 0.124. The third-order valence-electron chi connectivity index (χ3n) is 1.07. The number of unbranched alkanes of at least 4 members (excludes halogenated alkanes) is 1. The molecule has 0 atom stereocenters. The van der Waals surface area contributed by atoms with Crippen molar-refractivity contribution in [1.82, 2.24) is 0 Å². The fourth-order valence-electron chi connectivity index (χ4n) is 0.535. The van der Waals surface area contributed by atoms with E-state index >= 15 is 0 Å². The molecular formula is C6H7N3O2. The Morgan fingerprint density at radius 3 is 2.73 bits per heavy atom. The summed E-state index contributed by atoms with van der Waals surface area (Å²) in [4.78, 5) is 12.7. The molecule has 0 aromatic rings. The molecule has 0 saturated heterocycles. The summed E-state index contributed by atoms with van der Waals surface area (Å²) < 4.78 is 0. The largest absolute Gasteiger partial charge is 0.473 e. The predicted molar refractivity (Wildman–Crippen MR) is 35.7 cm³/mol. The van der Waals surface area contributed by atoms with Crippen LogP contribution in [0, 0.1) is 11.3 Å². The van der Waals surface area contributed by atoms with Crippen molar-refractivity contribution < 1.29 is 14.7 Å². The van der Waals surface area contributed by atoms with Gasteiger partial charge in [0, 0.05) is 6.42 Å². The zero-order valence-electron chi connectivity index (χ0n) is 5.82. The Bertz CT molecular complexity index is 235. The maximum atomic E-state index is 10.2. The molecule has 1 N–H and O–H groups in total. The lowest BCUT2D eigenvalue weighted by Crippen LogP contribution is -2.13. The third-order valence-corrected chi connectivity index (χ3v) is 1.07. The lowest BCUT2D eigenvalue weighted by Gasteiger charge is -1.85. The number of hydrogen-bond acceptors (Lipinski definition) is 2. The van der Waals surface area contributed by atoms with Gasteiger partial charge in [0.2, 0.25) is 0 Å². The summed E-state index contributed by atoms with van der Waals surface area (Å²) in [5.41, 5.74) is 7.81. The summed E-state index contributed by atoms with van der Waals surface area (Å²) in [6.45, 7) is 0. The first-order valence-electron chi connectivity index (χ1n) is 3.03. The zero-order valence-corrected chi connectivity index (χ0v) is 5.82. The first-order valence-corrected chi connectivity index (χ1v) is 3.03. The van der Waals surface area contributed by atoms with Crippen molar-refractivity contribution in [2.24, 2.45) is 0 Å². The molecule has 0 saturated carbocycles. The first-order chi connectivity index (χ1) is 5.22. The second-order valence-corrected chi connectivity index (χ2v) is 1.86. The van der Waals surface area contributed by atoms with E-state index in [1.807, 2.05) is 6.07 Å². The normalized spacial score (nSPS) is 7.91. The van der Waals surface area contributed by atoms with Crippen molar-refractivity contribution in [2.75, 3.05) is 0 Å². The van der Waals surface area contributed by atoms with Gasteiger partial charge in [0.1, 0.15) is 0 Å². The molecule has 5 heteroatoms. The average Bonchev–Trinajstić information content (AvgIpc) is 1.97. The lowest BCUT2D eigenvalue weighted by atomic mass is 10.2. The highest BCUT2D eigenvalue weighted by atomic mass is 16.4. The van der Waals surface area contributed by atoms with Crippen molar-refractivity contribution in [1.29, 1.82) is 5.26 Å². The highest BCUT2D eigenvalue weighted by Crippen LogP contribution is 1.94. The van der Waals surface area contributed by atoms with Gasteiger partial charge in [-0.05, 0) is 6.42 Å². The van der Waals surface area contributed by atoms with Crippen molar-refractivity contribution in [2.45, 2.75) is 19.3 Å². The molecule has 0 aliphatic rings. The number of nitriles is 1. The van der Waals surface area contributed by atoms with Crippen LogP contribution >= 0.6 is 0 Å². The molecule has 0 aromatic heterocycles. The quantitative estimate of drug-likeness (QED) is 0.274. The predicted octanol–water partition coefficient (Wildman–Crippen LogP) is 0.436. The second-order valence-electron chi connectivity index (χ2n) is 1.86. The van der Waals surface area contributed by atoms with E-state index in [1.54, 1.807) is 0 Å². The van der Waals surface area contributed by atoms with E-state index in [0.29, 0.717) is 6.42 Å². The Hall–Kier alpha value is -1.66. The van der Waals surface area contributed by atoms with Crippen LogP contribution < -0.4 is 0 Å². The van der Waals surface area contributed by atoms with Gasteiger partial charge in [0.25, 0.3) is 0 Å². The number of aliphatic carboxylic acids is 1. The topological polar surface area (TPSA) is 97.5 Å². The fourth-order valence-corrected chi connectivity index (χ4v) is 0.535. The van der Waals surface area contributed by atoms with Crippen LogP contribution in [0.4, 0.5) is 0 Å². The van der Waals surface area contributed by atoms with Gasteiger partial charge in [0.15, 0.2) is 0 Å². The molecule has 0 unspecified atom stereocenters. The summed E-state index contributed by atoms with van der Waals surface area (Å²) >= 11 is 0. The first kappa shape index (κ1) is 9.34.